The molecule has 1 saturated carbocycles. The summed E-state index contributed by atoms with van der Waals surface area (Å²) in [5.74, 6) is 1.50. The molecule has 2 unspecified atom stereocenters. The lowest BCUT2D eigenvalue weighted by Gasteiger charge is -2.30. The van der Waals surface area contributed by atoms with Crippen molar-refractivity contribution < 1.29 is 4.74 Å². The summed E-state index contributed by atoms with van der Waals surface area (Å²) >= 11 is 0. The molecule has 0 aromatic rings. The Hall–Kier alpha value is -0.120. The molecule has 2 N–H and O–H groups in total. The van der Waals surface area contributed by atoms with Crippen LogP contribution in [-0.2, 0) is 4.74 Å². The summed E-state index contributed by atoms with van der Waals surface area (Å²) in [6, 6.07) is 0. The van der Waals surface area contributed by atoms with E-state index in [0.717, 1.165) is 25.0 Å². The van der Waals surface area contributed by atoms with Gasteiger partial charge in [0.2, 0.25) is 0 Å². The van der Waals surface area contributed by atoms with Gasteiger partial charge >= 0.3 is 0 Å². The van der Waals surface area contributed by atoms with E-state index in [9.17, 15) is 0 Å². The van der Waals surface area contributed by atoms with Gasteiger partial charge in [0.15, 0.2) is 0 Å². The lowest BCUT2D eigenvalue weighted by molar-refractivity contribution is 0.149. The molecule has 3 nitrogen and oxygen atoms in total. The van der Waals surface area contributed by atoms with Gasteiger partial charge in [-0.2, -0.15) is 0 Å². The van der Waals surface area contributed by atoms with E-state index in [1.165, 1.54) is 32.4 Å². The standard InChI is InChI=1S/C12H24N2O/c1-12(13,11-3-4-11)9-14-6-5-10(7-14)8-15-2/h10-11H,3-9,13H2,1-2H3. The fourth-order valence-electron chi connectivity index (χ4n) is 2.78. The first-order valence-corrected chi connectivity index (χ1v) is 6.12. The second-order valence-corrected chi connectivity index (χ2v) is 5.63. The van der Waals surface area contributed by atoms with Crippen LogP contribution < -0.4 is 5.73 Å². The van der Waals surface area contributed by atoms with E-state index in [2.05, 4.69) is 11.8 Å². The number of nitrogens with two attached hydrogens (primary N) is 1. The second kappa shape index (κ2) is 4.40. The zero-order valence-electron chi connectivity index (χ0n) is 10.0. The van der Waals surface area contributed by atoms with E-state index in [-0.39, 0.29) is 5.54 Å². The van der Waals surface area contributed by atoms with Crippen LogP contribution in [0.5, 0.6) is 0 Å². The molecule has 15 heavy (non-hydrogen) atoms. The van der Waals surface area contributed by atoms with Crippen molar-refractivity contribution >= 4 is 0 Å². The van der Waals surface area contributed by atoms with Crippen LogP contribution in [0.15, 0.2) is 0 Å². The van der Waals surface area contributed by atoms with Gasteiger partial charge in [-0.1, -0.05) is 0 Å². The third kappa shape index (κ3) is 2.92. The van der Waals surface area contributed by atoms with Gasteiger partial charge in [-0.25, -0.2) is 0 Å². The SMILES string of the molecule is COCC1CCN(CC(C)(N)C2CC2)C1. The van der Waals surface area contributed by atoms with Crippen molar-refractivity contribution in [2.75, 3.05) is 33.4 Å². The Morgan fingerprint density at radius 1 is 1.40 bits per heavy atom. The Labute approximate surface area is 93.0 Å². The average molecular weight is 212 g/mol. The maximum absolute atomic E-state index is 6.35. The number of rotatable bonds is 5. The van der Waals surface area contributed by atoms with Gasteiger partial charge in [0.25, 0.3) is 0 Å². The normalized spacial score (nSPS) is 31.8. The Kier molecular flexibility index (Phi) is 3.33. The van der Waals surface area contributed by atoms with Crippen LogP contribution in [0.3, 0.4) is 0 Å². The first-order chi connectivity index (χ1) is 7.12. The molecule has 2 fully saturated rings. The quantitative estimate of drug-likeness (QED) is 0.741. The molecule has 88 valence electrons. The second-order valence-electron chi connectivity index (χ2n) is 5.63. The van der Waals surface area contributed by atoms with Crippen LogP contribution in [0.1, 0.15) is 26.2 Å². The van der Waals surface area contributed by atoms with Crippen LogP contribution >= 0.6 is 0 Å². The molecule has 1 aliphatic carbocycles. The number of likely N-dealkylation sites (tertiary alicyclic amines) is 1. The van der Waals surface area contributed by atoms with Crippen molar-refractivity contribution in [3.63, 3.8) is 0 Å². The van der Waals surface area contributed by atoms with Crippen LogP contribution in [0.4, 0.5) is 0 Å². The van der Waals surface area contributed by atoms with Crippen LogP contribution in [-0.4, -0.2) is 43.8 Å². The molecule has 0 amide bonds. The molecule has 2 atom stereocenters. The molecule has 0 aromatic heterocycles. The minimum absolute atomic E-state index is 0.0436. The van der Waals surface area contributed by atoms with Gasteiger partial charge in [-0.15, -0.1) is 0 Å². The molecular formula is C12H24N2O. The topological polar surface area (TPSA) is 38.5 Å². The van der Waals surface area contributed by atoms with Gasteiger partial charge in [-0.3, -0.25) is 0 Å². The first-order valence-electron chi connectivity index (χ1n) is 6.12. The minimum atomic E-state index is 0.0436. The van der Waals surface area contributed by atoms with Gasteiger partial charge in [-0.05, 0) is 44.6 Å². The first kappa shape index (κ1) is 11.4. The van der Waals surface area contributed by atoms with E-state index in [1.807, 2.05) is 0 Å². The third-order valence-electron chi connectivity index (χ3n) is 3.85. The van der Waals surface area contributed by atoms with Gasteiger partial charge in [0, 0.05) is 25.7 Å². The van der Waals surface area contributed by atoms with Crippen LogP contribution in [0.2, 0.25) is 0 Å². The predicted molar refractivity (Wildman–Crippen MR) is 61.7 cm³/mol. The van der Waals surface area contributed by atoms with Crippen molar-refractivity contribution in [3.8, 4) is 0 Å². The number of hydrogen-bond donors (Lipinski definition) is 1. The molecule has 1 aliphatic heterocycles. The molecule has 2 aliphatic rings. The Morgan fingerprint density at radius 3 is 2.73 bits per heavy atom. The van der Waals surface area contributed by atoms with E-state index in [0.29, 0.717) is 0 Å². The summed E-state index contributed by atoms with van der Waals surface area (Å²) < 4.78 is 5.21. The molecule has 0 aromatic carbocycles. The number of ether oxygens (including phenoxy) is 1. The fraction of sp³-hybridized carbons (Fsp3) is 1.00. The Bertz CT molecular complexity index is 214. The third-order valence-corrected chi connectivity index (χ3v) is 3.85. The van der Waals surface area contributed by atoms with Crippen molar-refractivity contribution in [3.05, 3.63) is 0 Å². The Morgan fingerprint density at radius 2 is 2.13 bits per heavy atom. The molecule has 0 bridgehead atoms. The van der Waals surface area contributed by atoms with Crippen LogP contribution in [0, 0.1) is 11.8 Å². The fourth-order valence-corrected chi connectivity index (χ4v) is 2.78. The summed E-state index contributed by atoms with van der Waals surface area (Å²) in [6.45, 7) is 6.56. The summed E-state index contributed by atoms with van der Waals surface area (Å²) in [6.07, 6.45) is 3.94. The lowest BCUT2D eigenvalue weighted by Crippen LogP contribution is -2.49. The van der Waals surface area contributed by atoms with Gasteiger partial charge in [0.05, 0.1) is 6.61 Å². The molecule has 2 rings (SSSR count). The monoisotopic (exact) mass is 212 g/mol. The number of nitrogens with zero attached hydrogens (tertiary/aromatic N) is 1. The summed E-state index contributed by atoms with van der Waals surface area (Å²) in [5, 5.41) is 0. The zero-order chi connectivity index (χ0) is 10.9. The molecule has 1 saturated heterocycles. The van der Waals surface area contributed by atoms with E-state index in [1.54, 1.807) is 7.11 Å². The maximum Gasteiger partial charge on any atom is 0.0503 e. The predicted octanol–water partition coefficient (Wildman–Crippen LogP) is 1.08. The van der Waals surface area contributed by atoms with Crippen LogP contribution in [0.25, 0.3) is 0 Å². The average Bonchev–Trinajstić information content (AvgIpc) is 2.92. The summed E-state index contributed by atoms with van der Waals surface area (Å²) in [7, 11) is 1.79. The number of hydrogen-bond acceptors (Lipinski definition) is 3. The number of methoxy groups -OCH3 is 1. The van der Waals surface area contributed by atoms with E-state index in [4.69, 9.17) is 10.5 Å². The molecule has 0 spiro atoms. The highest BCUT2D eigenvalue weighted by atomic mass is 16.5. The van der Waals surface area contributed by atoms with Gasteiger partial charge < -0.3 is 15.4 Å². The minimum Gasteiger partial charge on any atom is -0.384 e. The van der Waals surface area contributed by atoms with Gasteiger partial charge in [0.1, 0.15) is 0 Å². The highest BCUT2D eigenvalue weighted by Gasteiger charge is 2.40. The highest BCUT2D eigenvalue weighted by Crippen LogP contribution is 2.38. The molecule has 0 radical (unpaired) electrons. The largest absolute Gasteiger partial charge is 0.384 e. The highest BCUT2D eigenvalue weighted by molar-refractivity contribution is 4.98. The summed E-state index contributed by atoms with van der Waals surface area (Å²) in [5.41, 5.74) is 6.39. The zero-order valence-corrected chi connectivity index (χ0v) is 10.0. The Balaban J connectivity index is 1.76. The summed E-state index contributed by atoms with van der Waals surface area (Å²) in [4.78, 5) is 2.52. The smallest absolute Gasteiger partial charge is 0.0503 e. The van der Waals surface area contributed by atoms with Crippen molar-refractivity contribution in [1.29, 1.82) is 0 Å². The van der Waals surface area contributed by atoms with Crippen molar-refractivity contribution in [2.45, 2.75) is 31.7 Å². The van der Waals surface area contributed by atoms with Crippen molar-refractivity contribution in [1.82, 2.24) is 4.90 Å². The van der Waals surface area contributed by atoms with E-state index >= 15 is 0 Å². The van der Waals surface area contributed by atoms with Crippen molar-refractivity contribution in [2.24, 2.45) is 17.6 Å². The van der Waals surface area contributed by atoms with E-state index < -0.39 is 0 Å². The molecular weight excluding hydrogens is 188 g/mol. The lowest BCUT2D eigenvalue weighted by atomic mass is 9.97. The molecule has 3 heteroatoms. The maximum atomic E-state index is 6.35. The molecule has 1 heterocycles.